The second-order valence-corrected chi connectivity index (χ2v) is 6.58. The number of hydrogen-bond donors (Lipinski definition) is 3. The van der Waals surface area contributed by atoms with E-state index in [2.05, 4.69) is 16.7 Å². The first kappa shape index (κ1) is 17.0. The molecular formula is C17H12ClFN4OS. The lowest BCUT2D eigenvalue weighted by molar-refractivity contribution is -0.105. The number of halogens is 2. The third-order valence-electron chi connectivity index (χ3n) is 3.79. The third kappa shape index (κ3) is 2.65. The third-order valence-corrected chi connectivity index (χ3v) is 5.26. The fourth-order valence-electron chi connectivity index (χ4n) is 2.70. The van der Waals surface area contributed by atoms with E-state index in [4.69, 9.17) is 17.3 Å². The van der Waals surface area contributed by atoms with Gasteiger partial charge in [0.1, 0.15) is 11.1 Å². The lowest BCUT2D eigenvalue weighted by Crippen LogP contribution is -2.03. The van der Waals surface area contributed by atoms with Crippen molar-refractivity contribution in [3.8, 4) is 17.2 Å². The molecule has 4 N–H and O–H groups in total. The van der Waals surface area contributed by atoms with Crippen LogP contribution in [0.15, 0.2) is 24.3 Å². The van der Waals surface area contributed by atoms with Crippen LogP contribution in [-0.4, -0.2) is 13.5 Å². The quantitative estimate of drug-likeness (QED) is 0.465. The van der Waals surface area contributed by atoms with Crippen LogP contribution >= 0.6 is 22.9 Å². The van der Waals surface area contributed by atoms with E-state index in [1.54, 1.807) is 19.2 Å². The number of nitrogens with two attached hydrogens (primary N) is 1. The van der Waals surface area contributed by atoms with Crippen molar-refractivity contribution in [1.29, 1.82) is 5.26 Å². The molecule has 0 aliphatic carbocycles. The van der Waals surface area contributed by atoms with Crippen LogP contribution in [0.1, 0.15) is 5.56 Å². The Hall–Kier alpha value is -2.82. The van der Waals surface area contributed by atoms with Gasteiger partial charge in [-0.2, -0.15) is 5.26 Å². The van der Waals surface area contributed by atoms with Gasteiger partial charge >= 0.3 is 0 Å². The average molecular weight is 375 g/mol. The van der Waals surface area contributed by atoms with Crippen molar-refractivity contribution < 1.29 is 9.18 Å². The van der Waals surface area contributed by atoms with Gasteiger partial charge < -0.3 is 16.4 Å². The SMILES string of the molecule is CNc1sc2cccc(-c3c(Cl)cc(NC=O)c(N)c3F)c2c1C#N. The lowest BCUT2D eigenvalue weighted by Gasteiger charge is -2.13. The van der Waals surface area contributed by atoms with Crippen LogP contribution in [0.25, 0.3) is 21.2 Å². The first-order chi connectivity index (χ1) is 12.0. The number of amides is 1. The maximum Gasteiger partial charge on any atom is 0.211 e. The van der Waals surface area contributed by atoms with Crippen molar-refractivity contribution in [3.05, 3.63) is 40.7 Å². The number of nitrogen functional groups attached to an aromatic ring is 1. The molecule has 25 heavy (non-hydrogen) atoms. The Morgan fingerprint density at radius 2 is 2.20 bits per heavy atom. The summed E-state index contributed by atoms with van der Waals surface area (Å²) in [5.41, 5.74) is 6.65. The Morgan fingerprint density at radius 3 is 2.84 bits per heavy atom. The number of fused-ring (bicyclic) bond motifs is 1. The number of benzene rings is 2. The van der Waals surface area contributed by atoms with E-state index in [0.29, 0.717) is 27.9 Å². The number of nitrogens with zero attached hydrogens (tertiary/aromatic N) is 1. The second kappa shape index (κ2) is 6.59. The van der Waals surface area contributed by atoms with E-state index in [1.807, 2.05) is 6.07 Å². The summed E-state index contributed by atoms with van der Waals surface area (Å²) in [6.07, 6.45) is 0.397. The Morgan fingerprint density at radius 1 is 1.44 bits per heavy atom. The molecule has 0 radical (unpaired) electrons. The molecule has 0 saturated carbocycles. The molecule has 1 amide bonds. The van der Waals surface area contributed by atoms with Gasteiger partial charge in [-0.15, -0.1) is 11.3 Å². The van der Waals surface area contributed by atoms with E-state index in [0.717, 1.165) is 4.70 Å². The fraction of sp³-hybridized carbons (Fsp3) is 0.0588. The molecule has 126 valence electrons. The summed E-state index contributed by atoms with van der Waals surface area (Å²) in [7, 11) is 1.72. The average Bonchev–Trinajstić information content (AvgIpc) is 2.98. The van der Waals surface area contributed by atoms with Crippen LogP contribution < -0.4 is 16.4 Å². The predicted molar refractivity (Wildman–Crippen MR) is 101 cm³/mol. The van der Waals surface area contributed by atoms with Crippen molar-refractivity contribution in [3.63, 3.8) is 0 Å². The van der Waals surface area contributed by atoms with Crippen molar-refractivity contribution in [2.75, 3.05) is 23.4 Å². The van der Waals surface area contributed by atoms with Crippen LogP contribution in [0.2, 0.25) is 5.02 Å². The van der Waals surface area contributed by atoms with E-state index in [1.165, 1.54) is 17.4 Å². The Balaban J connectivity index is 2.38. The molecule has 0 aliphatic rings. The van der Waals surface area contributed by atoms with E-state index < -0.39 is 5.82 Å². The maximum absolute atomic E-state index is 14.9. The number of rotatable bonds is 4. The van der Waals surface area contributed by atoms with Gasteiger partial charge in [-0.3, -0.25) is 4.79 Å². The summed E-state index contributed by atoms with van der Waals surface area (Å²) in [5.74, 6) is -0.745. The van der Waals surface area contributed by atoms with Crippen LogP contribution in [0, 0.1) is 17.1 Å². The molecule has 0 unspecified atom stereocenters. The predicted octanol–water partition coefficient (Wildman–Crippen LogP) is 4.42. The largest absolute Gasteiger partial charge is 0.395 e. The van der Waals surface area contributed by atoms with Crippen molar-refractivity contribution in [2.24, 2.45) is 0 Å². The van der Waals surface area contributed by atoms with Gasteiger partial charge in [0.2, 0.25) is 6.41 Å². The summed E-state index contributed by atoms with van der Waals surface area (Å²) >= 11 is 7.66. The molecule has 8 heteroatoms. The zero-order chi connectivity index (χ0) is 18.1. The molecule has 2 aromatic carbocycles. The van der Waals surface area contributed by atoms with E-state index in [-0.39, 0.29) is 22.0 Å². The second-order valence-electron chi connectivity index (χ2n) is 5.12. The zero-order valence-corrected chi connectivity index (χ0v) is 14.6. The number of carbonyl (C=O) groups excluding carboxylic acids is 1. The lowest BCUT2D eigenvalue weighted by atomic mass is 9.97. The first-order valence-electron chi connectivity index (χ1n) is 7.14. The summed E-state index contributed by atoms with van der Waals surface area (Å²) in [6, 6.07) is 8.84. The molecule has 1 aromatic heterocycles. The van der Waals surface area contributed by atoms with Crippen LogP contribution in [-0.2, 0) is 4.79 Å². The molecule has 0 atom stereocenters. The summed E-state index contributed by atoms with van der Waals surface area (Å²) in [6.45, 7) is 0. The van der Waals surface area contributed by atoms with Gasteiger partial charge in [-0.05, 0) is 17.7 Å². The minimum Gasteiger partial charge on any atom is -0.395 e. The van der Waals surface area contributed by atoms with Gasteiger partial charge in [-0.1, -0.05) is 23.7 Å². The molecule has 1 heterocycles. The van der Waals surface area contributed by atoms with Gasteiger partial charge in [0.05, 0.1) is 22.0 Å². The minimum atomic E-state index is -0.745. The molecule has 5 nitrogen and oxygen atoms in total. The number of anilines is 3. The summed E-state index contributed by atoms with van der Waals surface area (Å²) in [4.78, 5) is 10.6. The van der Waals surface area contributed by atoms with Gasteiger partial charge in [0, 0.05) is 22.7 Å². The number of carbonyl (C=O) groups is 1. The number of hydrogen-bond acceptors (Lipinski definition) is 5. The summed E-state index contributed by atoms with van der Waals surface area (Å²) in [5, 5.41) is 16.2. The van der Waals surface area contributed by atoms with E-state index >= 15 is 0 Å². The number of nitrogens with one attached hydrogen (secondary N) is 2. The van der Waals surface area contributed by atoms with Crippen molar-refractivity contribution in [1.82, 2.24) is 0 Å². The van der Waals surface area contributed by atoms with Crippen molar-refractivity contribution >= 4 is 55.8 Å². The Bertz CT molecular complexity index is 1040. The van der Waals surface area contributed by atoms with E-state index in [9.17, 15) is 14.4 Å². The molecule has 0 aliphatic heterocycles. The van der Waals surface area contributed by atoms with Crippen LogP contribution in [0.5, 0.6) is 0 Å². The highest BCUT2D eigenvalue weighted by molar-refractivity contribution is 7.23. The van der Waals surface area contributed by atoms with Crippen LogP contribution in [0.3, 0.4) is 0 Å². The standard InChI is InChI=1S/C17H12ClFN4OS/c1-22-17-9(6-20)13-8(3-2-4-12(13)25-17)14-10(18)5-11(23-7-24)16(21)15(14)19/h2-5,7,22H,21H2,1H3,(H,23,24). The van der Waals surface area contributed by atoms with Gasteiger partial charge in [-0.25, -0.2) is 4.39 Å². The number of thiophene rings is 1. The zero-order valence-electron chi connectivity index (χ0n) is 13.0. The minimum absolute atomic E-state index is 0.0876. The topological polar surface area (TPSA) is 90.9 Å². The molecule has 0 bridgehead atoms. The molecule has 0 spiro atoms. The highest BCUT2D eigenvalue weighted by Crippen LogP contribution is 2.45. The molecule has 3 rings (SSSR count). The van der Waals surface area contributed by atoms with Gasteiger partial charge in [0.15, 0.2) is 5.82 Å². The maximum atomic E-state index is 14.9. The highest BCUT2D eigenvalue weighted by Gasteiger charge is 2.22. The monoisotopic (exact) mass is 374 g/mol. The highest BCUT2D eigenvalue weighted by atomic mass is 35.5. The smallest absolute Gasteiger partial charge is 0.211 e. The number of nitriles is 1. The van der Waals surface area contributed by atoms with Gasteiger partial charge in [0.25, 0.3) is 0 Å². The first-order valence-corrected chi connectivity index (χ1v) is 8.34. The van der Waals surface area contributed by atoms with Crippen LogP contribution in [0.4, 0.5) is 20.8 Å². The molecule has 0 saturated heterocycles. The normalized spacial score (nSPS) is 10.5. The summed E-state index contributed by atoms with van der Waals surface area (Å²) < 4.78 is 15.7. The Labute approximate surface area is 151 Å². The van der Waals surface area contributed by atoms with Crippen molar-refractivity contribution in [2.45, 2.75) is 0 Å². The molecular weight excluding hydrogens is 363 g/mol. The Kier molecular flexibility index (Phi) is 4.49. The molecule has 0 fully saturated rings. The molecule has 3 aromatic rings. The fourth-order valence-corrected chi connectivity index (χ4v) is 4.03.